The van der Waals surface area contributed by atoms with Gasteiger partial charge in [0.25, 0.3) is 0 Å². The van der Waals surface area contributed by atoms with Crippen molar-refractivity contribution in [2.24, 2.45) is 5.92 Å². The summed E-state index contributed by atoms with van der Waals surface area (Å²) >= 11 is 9.67. The van der Waals surface area contributed by atoms with Gasteiger partial charge in [0.05, 0.1) is 0 Å². The Morgan fingerprint density at radius 1 is 1.33 bits per heavy atom. The van der Waals surface area contributed by atoms with E-state index in [9.17, 15) is 0 Å². The van der Waals surface area contributed by atoms with Crippen molar-refractivity contribution in [3.05, 3.63) is 33.3 Å². The van der Waals surface area contributed by atoms with Gasteiger partial charge >= 0.3 is 0 Å². The van der Waals surface area contributed by atoms with Crippen LogP contribution in [0.2, 0.25) is 5.02 Å². The van der Waals surface area contributed by atoms with Gasteiger partial charge < -0.3 is 5.32 Å². The summed E-state index contributed by atoms with van der Waals surface area (Å²) in [6.07, 6.45) is 3.64. The molecule has 0 radical (unpaired) electrons. The van der Waals surface area contributed by atoms with Gasteiger partial charge in [-0.3, -0.25) is 0 Å². The zero-order chi connectivity index (χ0) is 10.7. The molecule has 2 rings (SSSR count). The fraction of sp³-hybridized carbons (Fsp3) is 0.500. The average molecular weight is 289 g/mol. The van der Waals surface area contributed by atoms with Gasteiger partial charge in [0.2, 0.25) is 0 Å². The lowest BCUT2D eigenvalue weighted by Gasteiger charge is -2.23. The van der Waals surface area contributed by atoms with Crippen molar-refractivity contribution in [2.75, 3.05) is 13.1 Å². The molecule has 0 unspecified atom stereocenters. The molecule has 3 heteroatoms. The van der Waals surface area contributed by atoms with E-state index < -0.39 is 0 Å². The summed E-state index contributed by atoms with van der Waals surface area (Å²) in [5.41, 5.74) is 1.28. The number of hydrogen-bond donors (Lipinski definition) is 1. The van der Waals surface area contributed by atoms with Crippen LogP contribution in [0.3, 0.4) is 0 Å². The first-order valence-electron chi connectivity index (χ1n) is 5.40. The first kappa shape index (κ1) is 11.4. The van der Waals surface area contributed by atoms with Crippen LogP contribution in [0.25, 0.3) is 0 Å². The number of hydrogen-bond acceptors (Lipinski definition) is 1. The molecule has 0 spiro atoms. The number of rotatable bonds is 2. The molecule has 15 heavy (non-hydrogen) atoms. The highest BCUT2D eigenvalue weighted by atomic mass is 79.9. The summed E-state index contributed by atoms with van der Waals surface area (Å²) in [5.74, 6) is 0.790. The Morgan fingerprint density at radius 2 is 2.07 bits per heavy atom. The van der Waals surface area contributed by atoms with Crippen molar-refractivity contribution in [1.82, 2.24) is 5.32 Å². The molecule has 1 N–H and O–H groups in total. The van der Waals surface area contributed by atoms with Crippen LogP contribution in [0.5, 0.6) is 0 Å². The average Bonchev–Trinajstić information content (AvgIpc) is 2.25. The zero-order valence-electron chi connectivity index (χ0n) is 8.60. The minimum absolute atomic E-state index is 0.790. The highest BCUT2D eigenvalue weighted by Gasteiger charge is 2.14. The monoisotopic (exact) mass is 287 g/mol. The molecule has 0 bridgehead atoms. The molecular formula is C12H15BrClN. The van der Waals surface area contributed by atoms with Crippen molar-refractivity contribution >= 4 is 27.5 Å². The molecule has 1 heterocycles. The van der Waals surface area contributed by atoms with Crippen LogP contribution < -0.4 is 5.32 Å². The molecular weight excluding hydrogens is 273 g/mol. The predicted octanol–water partition coefficient (Wildman–Crippen LogP) is 3.64. The Hall–Kier alpha value is -0.0500. The summed E-state index contributed by atoms with van der Waals surface area (Å²) in [7, 11) is 0. The number of piperidine rings is 1. The maximum absolute atomic E-state index is 6.18. The molecule has 0 amide bonds. The zero-order valence-corrected chi connectivity index (χ0v) is 10.9. The smallest absolute Gasteiger partial charge is 0.0438 e. The van der Waals surface area contributed by atoms with E-state index in [-0.39, 0.29) is 0 Å². The second-order valence-corrected chi connectivity index (χ2v) is 5.46. The van der Waals surface area contributed by atoms with Gasteiger partial charge in [-0.05, 0) is 62.0 Å². The molecule has 1 aromatic rings. The van der Waals surface area contributed by atoms with Gasteiger partial charge in [-0.15, -0.1) is 0 Å². The Morgan fingerprint density at radius 3 is 2.80 bits per heavy atom. The highest BCUT2D eigenvalue weighted by molar-refractivity contribution is 9.10. The first-order chi connectivity index (χ1) is 7.25. The van der Waals surface area contributed by atoms with Gasteiger partial charge in [0, 0.05) is 9.50 Å². The second-order valence-electron chi connectivity index (χ2n) is 4.13. The summed E-state index contributed by atoms with van der Waals surface area (Å²) < 4.78 is 1.12. The normalized spacial score (nSPS) is 18.0. The maximum atomic E-state index is 6.18. The number of nitrogens with one attached hydrogen (secondary N) is 1. The third-order valence-electron chi connectivity index (χ3n) is 2.98. The topological polar surface area (TPSA) is 12.0 Å². The fourth-order valence-electron chi connectivity index (χ4n) is 2.10. The van der Waals surface area contributed by atoms with E-state index >= 15 is 0 Å². The second kappa shape index (κ2) is 5.33. The van der Waals surface area contributed by atoms with Crippen molar-refractivity contribution in [1.29, 1.82) is 0 Å². The number of benzene rings is 1. The molecule has 0 atom stereocenters. The summed E-state index contributed by atoms with van der Waals surface area (Å²) in [6.45, 7) is 2.30. The van der Waals surface area contributed by atoms with Crippen LogP contribution in [0, 0.1) is 5.92 Å². The van der Waals surface area contributed by atoms with Crippen molar-refractivity contribution in [3.8, 4) is 0 Å². The summed E-state index contributed by atoms with van der Waals surface area (Å²) in [5, 5.41) is 4.28. The molecule has 1 nitrogen and oxygen atoms in total. The lowest BCUT2D eigenvalue weighted by Crippen LogP contribution is -2.28. The van der Waals surface area contributed by atoms with E-state index in [1.165, 1.54) is 18.4 Å². The van der Waals surface area contributed by atoms with Crippen LogP contribution in [-0.4, -0.2) is 13.1 Å². The van der Waals surface area contributed by atoms with E-state index in [1.54, 1.807) is 0 Å². The summed E-state index contributed by atoms with van der Waals surface area (Å²) in [4.78, 5) is 0. The van der Waals surface area contributed by atoms with Crippen LogP contribution >= 0.6 is 27.5 Å². The molecule has 82 valence electrons. The van der Waals surface area contributed by atoms with Gasteiger partial charge in [0.15, 0.2) is 0 Å². The van der Waals surface area contributed by atoms with Gasteiger partial charge in [-0.1, -0.05) is 27.5 Å². The van der Waals surface area contributed by atoms with Crippen molar-refractivity contribution in [2.45, 2.75) is 19.3 Å². The van der Waals surface area contributed by atoms with Crippen molar-refractivity contribution < 1.29 is 0 Å². The Bertz CT molecular complexity index is 334. The van der Waals surface area contributed by atoms with E-state index in [1.807, 2.05) is 12.1 Å². The van der Waals surface area contributed by atoms with Crippen LogP contribution in [0.4, 0.5) is 0 Å². The minimum Gasteiger partial charge on any atom is -0.317 e. The third kappa shape index (κ3) is 3.20. The maximum Gasteiger partial charge on any atom is 0.0438 e. The minimum atomic E-state index is 0.790. The highest BCUT2D eigenvalue weighted by Crippen LogP contribution is 2.26. The van der Waals surface area contributed by atoms with E-state index in [0.717, 1.165) is 34.9 Å². The Labute approximate surface area is 104 Å². The van der Waals surface area contributed by atoms with Crippen LogP contribution in [0.1, 0.15) is 18.4 Å². The van der Waals surface area contributed by atoms with Gasteiger partial charge in [-0.2, -0.15) is 0 Å². The molecule has 1 fully saturated rings. The third-order valence-corrected chi connectivity index (χ3v) is 3.84. The summed E-state index contributed by atoms with van der Waals surface area (Å²) in [6, 6.07) is 6.11. The standard InChI is InChI=1S/C12H15BrClN/c13-11-1-2-12(14)10(8-11)7-9-3-5-15-6-4-9/h1-2,8-9,15H,3-7H2. The number of halogens is 2. The van der Waals surface area contributed by atoms with Crippen LogP contribution in [-0.2, 0) is 6.42 Å². The van der Waals surface area contributed by atoms with Gasteiger partial charge in [-0.25, -0.2) is 0 Å². The molecule has 1 saturated heterocycles. The van der Waals surface area contributed by atoms with E-state index in [2.05, 4.69) is 27.3 Å². The Kier molecular flexibility index (Phi) is 4.06. The van der Waals surface area contributed by atoms with Crippen molar-refractivity contribution in [3.63, 3.8) is 0 Å². The molecule has 1 aliphatic heterocycles. The predicted molar refractivity (Wildman–Crippen MR) is 68.4 cm³/mol. The van der Waals surface area contributed by atoms with Gasteiger partial charge in [0.1, 0.15) is 0 Å². The lowest BCUT2D eigenvalue weighted by atomic mass is 9.91. The van der Waals surface area contributed by atoms with E-state index in [0.29, 0.717) is 0 Å². The largest absolute Gasteiger partial charge is 0.317 e. The lowest BCUT2D eigenvalue weighted by molar-refractivity contribution is 0.372. The van der Waals surface area contributed by atoms with Crippen LogP contribution in [0.15, 0.2) is 22.7 Å². The molecule has 0 aromatic heterocycles. The Balaban J connectivity index is 2.05. The molecule has 1 aliphatic rings. The van der Waals surface area contributed by atoms with E-state index in [4.69, 9.17) is 11.6 Å². The SMILES string of the molecule is Clc1ccc(Br)cc1CC1CCNCC1. The first-order valence-corrected chi connectivity index (χ1v) is 6.57. The molecule has 0 aliphatic carbocycles. The molecule has 1 aromatic carbocycles. The quantitative estimate of drug-likeness (QED) is 0.876. The molecule has 0 saturated carbocycles. The fourth-order valence-corrected chi connectivity index (χ4v) is 2.70.